The molecule has 0 aliphatic carbocycles. The van der Waals surface area contributed by atoms with Gasteiger partial charge in [-0.05, 0) is 48.5 Å². The normalized spacial score (nSPS) is 14.2. The fraction of sp³-hybridized carbons (Fsp3) is 0.222. The lowest BCUT2D eigenvalue weighted by atomic mass is 10.2. The van der Waals surface area contributed by atoms with Crippen LogP contribution in [0.1, 0.15) is 5.56 Å². The summed E-state index contributed by atoms with van der Waals surface area (Å²) in [5, 5.41) is 12.4. The van der Waals surface area contributed by atoms with Crippen LogP contribution in [-0.4, -0.2) is 37.1 Å². The van der Waals surface area contributed by atoms with E-state index in [9.17, 15) is 4.79 Å². The molecule has 5 nitrogen and oxygen atoms in total. The standard InChI is InChI=1S/C18H17ClN4O/c19-15-3-7-17(8-4-15)22-9-11-23(12-10-22)18(24)21-16-5-1-14(13-20)2-6-16/h1-8H,9-12H2,(H,21,24). The average molecular weight is 341 g/mol. The molecule has 0 atom stereocenters. The van der Waals surface area contributed by atoms with Gasteiger partial charge in [0.25, 0.3) is 0 Å². The molecule has 0 radical (unpaired) electrons. The van der Waals surface area contributed by atoms with Crippen molar-refractivity contribution >= 4 is 29.0 Å². The SMILES string of the molecule is N#Cc1ccc(NC(=O)N2CCN(c3ccc(Cl)cc3)CC2)cc1. The van der Waals surface area contributed by atoms with Gasteiger partial charge in [-0.2, -0.15) is 5.26 Å². The van der Waals surface area contributed by atoms with E-state index in [1.54, 1.807) is 29.2 Å². The minimum atomic E-state index is -0.115. The summed E-state index contributed by atoms with van der Waals surface area (Å²) in [4.78, 5) is 16.4. The van der Waals surface area contributed by atoms with E-state index in [4.69, 9.17) is 16.9 Å². The molecule has 3 rings (SSSR count). The smallest absolute Gasteiger partial charge is 0.321 e. The maximum atomic E-state index is 12.3. The molecule has 0 spiro atoms. The number of piperazine rings is 1. The lowest BCUT2D eigenvalue weighted by Crippen LogP contribution is -2.50. The zero-order valence-electron chi connectivity index (χ0n) is 13.1. The van der Waals surface area contributed by atoms with Crippen LogP contribution >= 0.6 is 11.6 Å². The molecule has 0 aromatic heterocycles. The Labute approximate surface area is 146 Å². The highest BCUT2D eigenvalue weighted by Gasteiger charge is 2.21. The van der Waals surface area contributed by atoms with E-state index in [2.05, 4.69) is 16.3 Å². The molecular weight excluding hydrogens is 324 g/mol. The van der Waals surface area contributed by atoms with Crippen molar-refractivity contribution in [3.63, 3.8) is 0 Å². The van der Waals surface area contributed by atoms with Gasteiger partial charge in [0.1, 0.15) is 0 Å². The number of nitriles is 1. The lowest BCUT2D eigenvalue weighted by Gasteiger charge is -2.36. The van der Waals surface area contributed by atoms with E-state index >= 15 is 0 Å². The summed E-state index contributed by atoms with van der Waals surface area (Å²) in [6, 6.07) is 16.5. The van der Waals surface area contributed by atoms with Crippen molar-refractivity contribution in [2.75, 3.05) is 36.4 Å². The summed E-state index contributed by atoms with van der Waals surface area (Å²) in [6.45, 7) is 2.88. The molecule has 24 heavy (non-hydrogen) atoms. The van der Waals surface area contributed by atoms with Crippen LogP contribution in [0, 0.1) is 11.3 Å². The van der Waals surface area contributed by atoms with Gasteiger partial charge in [0.15, 0.2) is 0 Å². The molecule has 1 saturated heterocycles. The number of nitrogens with one attached hydrogen (secondary N) is 1. The summed E-state index contributed by atoms with van der Waals surface area (Å²) in [6.07, 6.45) is 0. The number of amides is 2. The number of carbonyl (C=O) groups is 1. The molecule has 2 aromatic carbocycles. The van der Waals surface area contributed by atoms with Crippen molar-refractivity contribution in [3.05, 3.63) is 59.1 Å². The third kappa shape index (κ3) is 3.79. The molecule has 1 fully saturated rings. The topological polar surface area (TPSA) is 59.4 Å². The monoisotopic (exact) mass is 340 g/mol. The number of benzene rings is 2. The number of carbonyl (C=O) groups excluding carboxylic acids is 1. The Morgan fingerprint density at radius 3 is 2.21 bits per heavy atom. The fourth-order valence-electron chi connectivity index (χ4n) is 2.65. The second kappa shape index (κ2) is 7.24. The number of hydrogen-bond donors (Lipinski definition) is 1. The Morgan fingerprint density at radius 1 is 1.00 bits per heavy atom. The summed E-state index contributed by atoms with van der Waals surface area (Å²) in [5.41, 5.74) is 2.38. The Hall–Kier alpha value is -2.71. The third-order valence-corrected chi connectivity index (χ3v) is 4.28. The number of nitrogens with zero attached hydrogens (tertiary/aromatic N) is 3. The number of halogens is 1. The highest BCUT2D eigenvalue weighted by atomic mass is 35.5. The first-order valence-corrected chi connectivity index (χ1v) is 8.10. The van der Waals surface area contributed by atoms with Crippen LogP contribution in [-0.2, 0) is 0 Å². The van der Waals surface area contributed by atoms with E-state index in [1.807, 2.05) is 24.3 Å². The number of rotatable bonds is 2. The van der Waals surface area contributed by atoms with Crippen molar-refractivity contribution in [2.24, 2.45) is 0 Å². The van der Waals surface area contributed by atoms with Crippen molar-refractivity contribution in [2.45, 2.75) is 0 Å². The Kier molecular flexibility index (Phi) is 4.88. The number of urea groups is 1. The largest absolute Gasteiger partial charge is 0.368 e. The lowest BCUT2D eigenvalue weighted by molar-refractivity contribution is 0.208. The predicted molar refractivity (Wildman–Crippen MR) is 95.4 cm³/mol. The first-order valence-electron chi connectivity index (χ1n) is 7.72. The molecule has 1 aliphatic rings. The van der Waals surface area contributed by atoms with E-state index in [0.717, 1.165) is 23.8 Å². The molecule has 2 amide bonds. The highest BCUT2D eigenvalue weighted by Crippen LogP contribution is 2.20. The zero-order valence-corrected chi connectivity index (χ0v) is 13.8. The molecule has 6 heteroatoms. The van der Waals surface area contributed by atoms with Gasteiger partial charge in [0.05, 0.1) is 11.6 Å². The molecule has 0 bridgehead atoms. The van der Waals surface area contributed by atoms with E-state index < -0.39 is 0 Å². The van der Waals surface area contributed by atoms with Crippen LogP contribution in [0.5, 0.6) is 0 Å². The van der Waals surface area contributed by atoms with Crippen molar-refractivity contribution in [1.29, 1.82) is 5.26 Å². The van der Waals surface area contributed by atoms with Crippen molar-refractivity contribution in [3.8, 4) is 6.07 Å². The van der Waals surface area contributed by atoms with Gasteiger partial charge in [0, 0.05) is 42.6 Å². The van der Waals surface area contributed by atoms with Gasteiger partial charge in [-0.15, -0.1) is 0 Å². The average Bonchev–Trinajstić information content (AvgIpc) is 2.63. The molecular formula is C18H17ClN4O. The molecule has 0 saturated carbocycles. The molecule has 0 unspecified atom stereocenters. The van der Waals surface area contributed by atoms with E-state index in [1.165, 1.54) is 0 Å². The maximum absolute atomic E-state index is 12.3. The van der Waals surface area contributed by atoms with Crippen LogP contribution in [0.3, 0.4) is 0 Å². The van der Waals surface area contributed by atoms with Gasteiger partial charge >= 0.3 is 6.03 Å². The first kappa shape index (κ1) is 16.2. The minimum Gasteiger partial charge on any atom is -0.368 e. The highest BCUT2D eigenvalue weighted by molar-refractivity contribution is 6.30. The van der Waals surface area contributed by atoms with Gasteiger partial charge in [0.2, 0.25) is 0 Å². The van der Waals surface area contributed by atoms with Crippen LogP contribution in [0.15, 0.2) is 48.5 Å². The summed E-state index contributed by atoms with van der Waals surface area (Å²) in [5.74, 6) is 0. The zero-order chi connectivity index (χ0) is 16.9. The third-order valence-electron chi connectivity index (χ3n) is 4.02. The Balaban J connectivity index is 1.54. The quantitative estimate of drug-likeness (QED) is 0.909. The van der Waals surface area contributed by atoms with Gasteiger partial charge in [-0.3, -0.25) is 0 Å². The van der Waals surface area contributed by atoms with E-state index in [-0.39, 0.29) is 6.03 Å². The van der Waals surface area contributed by atoms with Crippen LogP contribution < -0.4 is 10.2 Å². The Morgan fingerprint density at radius 2 is 1.62 bits per heavy atom. The predicted octanol–water partition coefficient (Wildman–Crippen LogP) is 3.57. The number of anilines is 2. The maximum Gasteiger partial charge on any atom is 0.321 e. The van der Waals surface area contributed by atoms with Crippen LogP contribution in [0.2, 0.25) is 5.02 Å². The molecule has 1 heterocycles. The molecule has 2 aromatic rings. The van der Waals surface area contributed by atoms with Gasteiger partial charge in [-0.1, -0.05) is 11.6 Å². The Bertz CT molecular complexity index is 744. The second-order valence-corrected chi connectivity index (χ2v) is 6.01. The van der Waals surface area contributed by atoms with Crippen molar-refractivity contribution < 1.29 is 4.79 Å². The van der Waals surface area contributed by atoms with Crippen LogP contribution in [0.4, 0.5) is 16.2 Å². The first-order chi connectivity index (χ1) is 11.7. The molecule has 122 valence electrons. The molecule has 1 aliphatic heterocycles. The molecule has 1 N–H and O–H groups in total. The fourth-order valence-corrected chi connectivity index (χ4v) is 2.78. The second-order valence-electron chi connectivity index (χ2n) is 5.57. The van der Waals surface area contributed by atoms with Crippen molar-refractivity contribution in [1.82, 2.24) is 4.90 Å². The minimum absolute atomic E-state index is 0.115. The summed E-state index contributed by atoms with van der Waals surface area (Å²) >= 11 is 5.91. The van der Waals surface area contributed by atoms with Gasteiger partial charge in [-0.25, -0.2) is 4.79 Å². The summed E-state index contributed by atoms with van der Waals surface area (Å²) < 4.78 is 0. The number of hydrogen-bond acceptors (Lipinski definition) is 3. The van der Waals surface area contributed by atoms with E-state index in [0.29, 0.717) is 24.3 Å². The van der Waals surface area contributed by atoms with Crippen LogP contribution in [0.25, 0.3) is 0 Å². The summed E-state index contributed by atoms with van der Waals surface area (Å²) in [7, 11) is 0. The van der Waals surface area contributed by atoms with Gasteiger partial charge < -0.3 is 15.1 Å².